The summed E-state index contributed by atoms with van der Waals surface area (Å²) in [6.45, 7) is 6.25. The number of carbonyl (C=O) groups excluding carboxylic acids is 2. The van der Waals surface area contributed by atoms with E-state index in [9.17, 15) is 19.7 Å². The SMILES string of the molecule is CC(C)(C)OC(=O)N1CCC(C(=O)N2N=Cc3ccc(Nc4ncc5cccc(OC6CCC(O)CC6)c5n4)cc3B2O)CC1. The van der Waals surface area contributed by atoms with Crippen LogP contribution in [-0.2, 0) is 9.53 Å². The number of aliphatic hydroxyl groups is 1. The summed E-state index contributed by atoms with van der Waals surface area (Å²) in [5, 5.41) is 29.4. The number of nitrogens with one attached hydrogen (secondary N) is 1. The van der Waals surface area contributed by atoms with Crippen molar-refractivity contribution in [2.24, 2.45) is 11.0 Å². The van der Waals surface area contributed by atoms with E-state index in [4.69, 9.17) is 14.5 Å². The van der Waals surface area contributed by atoms with Crippen molar-refractivity contribution in [2.45, 2.75) is 77.1 Å². The van der Waals surface area contributed by atoms with Crippen LogP contribution in [0.15, 0.2) is 47.7 Å². The first-order valence-electron chi connectivity index (χ1n) is 15.6. The second-order valence-electron chi connectivity index (χ2n) is 12.9. The predicted molar refractivity (Wildman–Crippen MR) is 171 cm³/mol. The highest BCUT2D eigenvalue weighted by Crippen LogP contribution is 2.30. The quantitative estimate of drug-likeness (QED) is 0.367. The van der Waals surface area contributed by atoms with Gasteiger partial charge in [0.05, 0.1) is 18.4 Å². The Morgan fingerprint density at radius 3 is 2.53 bits per heavy atom. The predicted octanol–water partition coefficient (Wildman–Crippen LogP) is 3.57. The summed E-state index contributed by atoms with van der Waals surface area (Å²) >= 11 is 0. The standard InChI is InChI=1S/C32H39BN6O6/c1-32(2,3)45-31(42)38-15-13-20(14-16-38)29(41)39-33(43)26-17-23(8-7-21(26)19-35-39)36-30-34-18-22-5-4-6-27(28(22)37-30)44-25-11-9-24(40)10-12-25/h4-8,17-20,24-25,40,43H,9-16H2,1-3H3,(H,34,36,37). The van der Waals surface area contributed by atoms with Crippen molar-refractivity contribution < 1.29 is 29.2 Å². The van der Waals surface area contributed by atoms with Crippen LogP contribution in [0.1, 0.15) is 64.9 Å². The fraction of sp³-hybridized carbons (Fsp3) is 0.469. The van der Waals surface area contributed by atoms with Crippen molar-refractivity contribution in [3.05, 3.63) is 48.2 Å². The number of hydrogen-bond donors (Lipinski definition) is 3. The van der Waals surface area contributed by atoms with Gasteiger partial charge in [0, 0.05) is 36.3 Å². The Kier molecular flexibility index (Phi) is 8.65. The number of para-hydroxylation sites is 1. The van der Waals surface area contributed by atoms with Gasteiger partial charge in [0.2, 0.25) is 11.9 Å². The normalized spacial score (nSPS) is 20.6. The number of aromatic nitrogens is 2. The zero-order valence-electron chi connectivity index (χ0n) is 25.8. The van der Waals surface area contributed by atoms with Crippen molar-refractivity contribution in [3.63, 3.8) is 0 Å². The zero-order chi connectivity index (χ0) is 31.7. The second kappa shape index (κ2) is 12.6. The lowest BCUT2D eigenvalue weighted by atomic mass is 9.69. The van der Waals surface area contributed by atoms with Gasteiger partial charge >= 0.3 is 13.1 Å². The van der Waals surface area contributed by atoms with Crippen LogP contribution in [-0.4, -0.2) is 86.1 Å². The number of rotatable bonds is 5. The Balaban J connectivity index is 1.13. The van der Waals surface area contributed by atoms with Crippen LogP contribution >= 0.6 is 0 Å². The second-order valence-corrected chi connectivity index (χ2v) is 12.9. The maximum atomic E-state index is 13.4. The van der Waals surface area contributed by atoms with Crippen LogP contribution in [0.5, 0.6) is 5.75 Å². The monoisotopic (exact) mass is 614 g/mol. The zero-order valence-corrected chi connectivity index (χ0v) is 25.8. The molecule has 12 nitrogen and oxygen atoms in total. The van der Waals surface area contributed by atoms with E-state index >= 15 is 0 Å². The number of carbonyl (C=O) groups is 2. The first-order valence-corrected chi connectivity index (χ1v) is 15.6. The van der Waals surface area contributed by atoms with Gasteiger partial charge in [-0.2, -0.15) is 5.10 Å². The molecule has 0 spiro atoms. The first kappa shape index (κ1) is 30.8. The van der Waals surface area contributed by atoms with Crippen molar-refractivity contribution in [2.75, 3.05) is 18.4 Å². The molecule has 236 valence electrons. The molecule has 1 saturated heterocycles. The highest BCUT2D eigenvalue weighted by Gasteiger charge is 2.39. The molecular weight excluding hydrogens is 575 g/mol. The third-order valence-electron chi connectivity index (χ3n) is 8.41. The first-order chi connectivity index (χ1) is 21.5. The van der Waals surface area contributed by atoms with Crippen molar-refractivity contribution in [3.8, 4) is 5.75 Å². The number of piperidine rings is 1. The number of likely N-dealkylation sites (tertiary alicyclic amines) is 1. The molecule has 3 heterocycles. The van der Waals surface area contributed by atoms with E-state index in [2.05, 4.69) is 15.4 Å². The molecule has 1 aromatic heterocycles. The van der Waals surface area contributed by atoms with Gasteiger partial charge in [0.1, 0.15) is 16.9 Å². The molecule has 45 heavy (non-hydrogen) atoms. The summed E-state index contributed by atoms with van der Waals surface area (Å²) in [5.74, 6) is 0.368. The van der Waals surface area contributed by atoms with Crippen LogP contribution in [0.4, 0.5) is 16.4 Å². The van der Waals surface area contributed by atoms with E-state index in [1.807, 2.05) is 51.1 Å². The van der Waals surface area contributed by atoms with E-state index < -0.39 is 12.7 Å². The number of ether oxygens (including phenoxy) is 2. The molecule has 13 heteroatoms. The highest BCUT2D eigenvalue weighted by atomic mass is 16.6. The third kappa shape index (κ3) is 7.04. The van der Waals surface area contributed by atoms with E-state index in [0.717, 1.165) is 36.0 Å². The number of hydrogen-bond acceptors (Lipinski definition) is 10. The Bertz CT molecular complexity index is 1600. The Hall–Kier alpha value is -4.23. The molecule has 2 aliphatic heterocycles. The van der Waals surface area contributed by atoms with Crippen molar-refractivity contribution >= 4 is 53.3 Å². The molecular formula is C32H39BN6O6. The molecule has 1 saturated carbocycles. The number of nitrogens with zero attached hydrogens (tertiary/aromatic N) is 5. The van der Waals surface area contributed by atoms with Crippen molar-refractivity contribution in [1.29, 1.82) is 0 Å². The molecule has 0 radical (unpaired) electrons. The van der Waals surface area contributed by atoms with E-state index in [1.54, 1.807) is 23.4 Å². The van der Waals surface area contributed by atoms with E-state index in [-0.39, 0.29) is 30.1 Å². The molecule has 3 aliphatic rings. The average Bonchev–Trinajstić information content (AvgIpc) is 3.02. The Morgan fingerprint density at radius 1 is 1.04 bits per heavy atom. The number of amides is 2. The van der Waals surface area contributed by atoms with Crippen molar-refractivity contribution in [1.82, 2.24) is 19.8 Å². The summed E-state index contributed by atoms with van der Waals surface area (Å²) in [6.07, 6.45) is 6.63. The van der Waals surface area contributed by atoms with Gasteiger partial charge in [-0.3, -0.25) is 4.79 Å². The largest absolute Gasteiger partial charge is 0.488 e. The summed E-state index contributed by atoms with van der Waals surface area (Å²) in [5.41, 5.74) is 1.96. The molecule has 2 amide bonds. The highest BCUT2D eigenvalue weighted by molar-refractivity contribution is 6.67. The van der Waals surface area contributed by atoms with Gasteiger partial charge in [0.15, 0.2) is 0 Å². The fourth-order valence-corrected chi connectivity index (χ4v) is 5.97. The molecule has 0 atom stereocenters. The molecule has 3 aromatic rings. The number of hydrazone groups is 1. The third-order valence-corrected chi connectivity index (χ3v) is 8.41. The minimum absolute atomic E-state index is 0.0253. The van der Waals surface area contributed by atoms with E-state index in [1.165, 1.54) is 0 Å². The smallest absolute Gasteiger partial charge is 0.474 e. The Morgan fingerprint density at radius 2 is 1.80 bits per heavy atom. The maximum absolute atomic E-state index is 13.4. The number of fused-ring (bicyclic) bond motifs is 2. The molecule has 2 fully saturated rings. The van der Waals surface area contributed by atoms with Gasteiger partial charge < -0.3 is 29.8 Å². The minimum Gasteiger partial charge on any atom is -0.488 e. The lowest BCUT2D eigenvalue weighted by molar-refractivity contribution is -0.133. The molecule has 0 unspecified atom stereocenters. The van der Waals surface area contributed by atoms with Gasteiger partial charge in [-0.1, -0.05) is 18.2 Å². The number of benzene rings is 2. The van der Waals surface area contributed by atoms with E-state index in [0.29, 0.717) is 59.9 Å². The number of aliphatic hydroxyl groups excluding tert-OH is 1. The Labute approximate surface area is 262 Å². The van der Waals surface area contributed by atoms with Gasteiger partial charge in [0.25, 0.3) is 0 Å². The van der Waals surface area contributed by atoms with Crippen LogP contribution < -0.4 is 15.5 Å². The lowest BCUT2D eigenvalue weighted by Gasteiger charge is -2.35. The summed E-state index contributed by atoms with van der Waals surface area (Å²) < 4.78 is 11.8. The van der Waals surface area contributed by atoms with Crippen LogP contribution in [0, 0.1) is 5.92 Å². The van der Waals surface area contributed by atoms with Crippen LogP contribution in [0.2, 0.25) is 0 Å². The maximum Gasteiger partial charge on any atom is 0.474 e. The molecule has 3 N–H and O–H groups in total. The molecule has 6 rings (SSSR count). The van der Waals surface area contributed by atoms with Gasteiger partial charge in [-0.25, -0.2) is 19.7 Å². The molecule has 2 aromatic carbocycles. The molecule has 0 bridgehead atoms. The fourth-order valence-electron chi connectivity index (χ4n) is 5.97. The molecule has 1 aliphatic carbocycles. The minimum atomic E-state index is -1.27. The topological polar surface area (TPSA) is 150 Å². The summed E-state index contributed by atoms with van der Waals surface area (Å²) in [4.78, 5) is 37.8. The summed E-state index contributed by atoms with van der Waals surface area (Å²) in [6, 6.07) is 11.2. The van der Waals surface area contributed by atoms with Gasteiger partial charge in [-0.05, 0) is 88.5 Å². The lowest BCUT2D eigenvalue weighted by Crippen LogP contribution is -2.55. The van der Waals surface area contributed by atoms with Gasteiger partial charge in [-0.15, -0.1) is 0 Å². The number of anilines is 2. The van der Waals surface area contributed by atoms with Crippen LogP contribution in [0.3, 0.4) is 0 Å². The van der Waals surface area contributed by atoms with Crippen LogP contribution in [0.25, 0.3) is 10.9 Å². The average molecular weight is 615 g/mol. The summed E-state index contributed by atoms with van der Waals surface area (Å²) in [7, 11) is -1.27.